The number of benzene rings is 1. The molecule has 0 aliphatic heterocycles. The van der Waals surface area contributed by atoms with Gasteiger partial charge in [0.25, 0.3) is 0 Å². The third-order valence-electron chi connectivity index (χ3n) is 3.30. The number of halogens is 2. The molecule has 1 fully saturated rings. The molecule has 2 rings (SSSR count). The molecule has 98 valence electrons. The van der Waals surface area contributed by atoms with E-state index < -0.39 is 17.6 Å². The summed E-state index contributed by atoms with van der Waals surface area (Å²) >= 11 is 0. The Kier molecular flexibility index (Phi) is 4.28. The molecule has 1 aliphatic rings. The van der Waals surface area contributed by atoms with E-state index in [2.05, 4.69) is 0 Å². The van der Waals surface area contributed by atoms with Crippen molar-refractivity contribution >= 4 is 5.97 Å². The summed E-state index contributed by atoms with van der Waals surface area (Å²) in [4.78, 5) is 11.5. The number of hydrogen-bond donors (Lipinski definition) is 0. The van der Waals surface area contributed by atoms with E-state index in [4.69, 9.17) is 4.74 Å². The van der Waals surface area contributed by atoms with Gasteiger partial charge in [0.05, 0.1) is 0 Å². The van der Waals surface area contributed by atoms with Crippen LogP contribution in [-0.2, 0) is 4.79 Å². The third kappa shape index (κ3) is 3.79. The normalized spacial score (nSPS) is 15.9. The topological polar surface area (TPSA) is 26.3 Å². The summed E-state index contributed by atoms with van der Waals surface area (Å²) in [5.74, 6) is -1.38. The summed E-state index contributed by atoms with van der Waals surface area (Å²) in [5.41, 5.74) is 0. The first-order chi connectivity index (χ1) is 8.63. The molecule has 0 aromatic heterocycles. The average Bonchev–Trinajstić information content (AvgIpc) is 2.77. The number of carbonyl (C=O) groups is 1. The van der Waals surface area contributed by atoms with Crippen molar-refractivity contribution in [2.24, 2.45) is 5.92 Å². The second-order valence-corrected chi connectivity index (χ2v) is 4.77. The van der Waals surface area contributed by atoms with Gasteiger partial charge < -0.3 is 4.74 Å². The molecular formula is C14H16F2O2. The average molecular weight is 254 g/mol. The van der Waals surface area contributed by atoms with Gasteiger partial charge in [0, 0.05) is 24.6 Å². The van der Waals surface area contributed by atoms with E-state index in [1.54, 1.807) is 0 Å². The summed E-state index contributed by atoms with van der Waals surface area (Å²) in [6, 6.07) is 2.77. The lowest BCUT2D eigenvalue weighted by Gasteiger charge is -2.08. The molecule has 4 heteroatoms. The fourth-order valence-electron chi connectivity index (χ4n) is 2.39. The first-order valence-corrected chi connectivity index (χ1v) is 6.30. The van der Waals surface area contributed by atoms with Crippen LogP contribution in [0.3, 0.4) is 0 Å². The highest BCUT2D eigenvalue weighted by Crippen LogP contribution is 2.28. The molecule has 2 nitrogen and oxygen atoms in total. The van der Waals surface area contributed by atoms with Gasteiger partial charge in [-0.05, 0) is 12.3 Å². The number of rotatable bonds is 4. The predicted molar refractivity (Wildman–Crippen MR) is 63.2 cm³/mol. The van der Waals surface area contributed by atoms with E-state index in [1.165, 1.54) is 25.7 Å². The Bertz CT molecular complexity index is 406. The minimum Gasteiger partial charge on any atom is -0.426 e. The highest BCUT2D eigenvalue weighted by Gasteiger charge is 2.17. The van der Waals surface area contributed by atoms with E-state index in [-0.39, 0.29) is 5.75 Å². The van der Waals surface area contributed by atoms with Gasteiger partial charge in [-0.1, -0.05) is 25.7 Å². The number of esters is 1. The molecule has 0 atom stereocenters. The number of ether oxygens (including phenoxy) is 1. The van der Waals surface area contributed by atoms with Crippen LogP contribution in [0.1, 0.15) is 38.5 Å². The number of carbonyl (C=O) groups excluding carboxylic acids is 1. The van der Waals surface area contributed by atoms with Gasteiger partial charge in [-0.25, -0.2) is 8.78 Å². The quantitative estimate of drug-likeness (QED) is 0.602. The lowest BCUT2D eigenvalue weighted by Crippen LogP contribution is -2.10. The standard InChI is InChI=1S/C14H16F2O2/c15-11-7-12(16)9-13(8-11)18-14(17)6-5-10-3-1-2-4-10/h7-10H,1-6H2. The lowest BCUT2D eigenvalue weighted by atomic mass is 10.0. The molecule has 18 heavy (non-hydrogen) atoms. The highest BCUT2D eigenvalue weighted by atomic mass is 19.1. The monoisotopic (exact) mass is 254 g/mol. The Hall–Kier alpha value is -1.45. The predicted octanol–water partition coefficient (Wildman–Crippen LogP) is 3.84. The van der Waals surface area contributed by atoms with Crippen molar-refractivity contribution in [2.75, 3.05) is 0 Å². The van der Waals surface area contributed by atoms with E-state index in [9.17, 15) is 13.6 Å². The first kappa shape index (κ1) is 13.0. The van der Waals surface area contributed by atoms with Gasteiger partial charge in [-0.3, -0.25) is 4.79 Å². The molecule has 0 N–H and O–H groups in total. The molecule has 0 spiro atoms. The molecular weight excluding hydrogens is 238 g/mol. The van der Waals surface area contributed by atoms with Crippen LogP contribution in [-0.4, -0.2) is 5.97 Å². The van der Waals surface area contributed by atoms with E-state index in [0.29, 0.717) is 12.3 Å². The molecule has 0 amide bonds. The van der Waals surface area contributed by atoms with Gasteiger partial charge in [-0.2, -0.15) is 0 Å². The van der Waals surface area contributed by atoms with E-state index >= 15 is 0 Å². The zero-order chi connectivity index (χ0) is 13.0. The van der Waals surface area contributed by atoms with E-state index in [1.807, 2.05) is 0 Å². The third-order valence-corrected chi connectivity index (χ3v) is 3.30. The van der Waals surface area contributed by atoms with Crippen LogP contribution in [0.25, 0.3) is 0 Å². The molecule has 0 heterocycles. The van der Waals surface area contributed by atoms with Crippen LogP contribution < -0.4 is 4.74 Å². The Labute approximate surface area is 105 Å². The van der Waals surface area contributed by atoms with Crippen LogP contribution in [0.4, 0.5) is 8.78 Å². The van der Waals surface area contributed by atoms with Crippen LogP contribution >= 0.6 is 0 Å². The van der Waals surface area contributed by atoms with Crippen molar-refractivity contribution in [1.82, 2.24) is 0 Å². The maximum Gasteiger partial charge on any atom is 0.311 e. The molecule has 0 radical (unpaired) electrons. The van der Waals surface area contributed by atoms with Gasteiger partial charge in [0.15, 0.2) is 0 Å². The molecule has 0 saturated heterocycles. The minimum atomic E-state index is -0.742. The van der Waals surface area contributed by atoms with Crippen LogP contribution in [0.5, 0.6) is 5.75 Å². The van der Waals surface area contributed by atoms with Crippen molar-refractivity contribution in [3.63, 3.8) is 0 Å². The van der Waals surface area contributed by atoms with Gasteiger partial charge >= 0.3 is 5.97 Å². The summed E-state index contributed by atoms with van der Waals surface area (Å²) in [7, 11) is 0. The Morgan fingerprint density at radius 2 is 1.78 bits per heavy atom. The summed E-state index contributed by atoms with van der Waals surface area (Å²) < 4.78 is 30.7. The zero-order valence-corrected chi connectivity index (χ0v) is 10.1. The van der Waals surface area contributed by atoms with Gasteiger partial charge in [-0.15, -0.1) is 0 Å². The lowest BCUT2D eigenvalue weighted by molar-refractivity contribution is -0.134. The summed E-state index contributed by atoms with van der Waals surface area (Å²) in [6.07, 6.45) is 5.91. The van der Waals surface area contributed by atoms with E-state index in [0.717, 1.165) is 24.6 Å². The zero-order valence-electron chi connectivity index (χ0n) is 10.1. The molecule has 1 saturated carbocycles. The van der Waals surface area contributed by atoms with Crippen molar-refractivity contribution in [3.05, 3.63) is 29.8 Å². The molecule has 0 unspecified atom stereocenters. The molecule has 0 bridgehead atoms. The van der Waals surface area contributed by atoms with Gasteiger partial charge in [0.1, 0.15) is 17.4 Å². The van der Waals surface area contributed by atoms with Crippen molar-refractivity contribution in [2.45, 2.75) is 38.5 Å². The summed E-state index contributed by atoms with van der Waals surface area (Å²) in [6.45, 7) is 0. The van der Waals surface area contributed by atoms with Gasteiger partial charge in [0.2, 0.25) is 0 Å². The first-order valence-electron chi connectivity index (χ1n) is 6.30. The van der Waals surface area contributed by atoms with Crippen LogP contribution in [0, 0.1) is 17.6 Å². The van der Waals surface area contributed by atoms with Crippen LogP contribution in [0.15, 0.2) is 18.2 Å². The largest absolute Gasteiger partial charge is 0.426 e. The smallest absolute Gasteiger partial charge is 0.311 e. The SMILES string of the molecule is O=C(CCC1CCCC1)Oc1cc(F)cc(F)c1. The molecule has 1 aliphatic carbocycles. The Morgan fingerprint density at radius 3 is 2.39 bits per heavy atom. The highest BCUT2D eigenvalue weighted by molar-refractivity contribution is 5.72. The fourth-order valence-corrected chi connectivity index (χ4v) is 2.39. The van der Waals surface area contributed by atoms with Crippen LogP contribution in [0.2, 0.25) is 0 Å². The molecule has 1 aromatic carbocycles. The molecule has 1 aromatic rings. The maximum atomic E-state index is 12.9. The second kappa shape index (κ2) is 5.94. The number of hydrogen-bond acceptors (Lipinski definition) is 2. The van der Waals surface area contributed by atoms with Crippen molar-refractivity contribution in [3.8, 4) is 5.75 Å². The van der Waals surface area contributed by atoms with Crippen molar-refractivity contribution in [1.29, 1.82) is 0 Å². The van der Waals surface area contributed by atoms with Crippen molar-refractivity contribution < 1.29 is 18.3 Å². The maximum absolute atomic E-state index is 12.9. The Morgan fingerprint density at radius 1 is 1.17 bits per heavy atom. The summed E-state index contributed by atoms with van der Waals surface area (Å²) in [5, 5.41) is 0. The second-order valence-electron chi connectivity index (χ2n) is 4.77. The fraction of sp³-hybridized carbons (Fsp3) is 0.500. The minimum absolute atomic E-state index is 0.0658. The Balaban J connectivity index is 1.82.